The van der Waals surface area contributed by atoms with Crippen LogP contribution in [0.3, 0.4) is 0 Å². The van der Waals surface area contributed by atoms with E-state index >= 15 is 0 Å². The quantitative estimate of drug-likeness (QED) is 0.379. The first-order chi connectivity index (χ1) is 4.29. The van der Waals surface area contributed by atoms with E-state index in [-0.39, 0.29) is 22.4 Å². The minimum Gasteiger partial charge on any atom is -0.252 e. The third kappa shape index (κ3) is 2.40. The molecule has 1 heterocycles. The summed E-state index contributed by atoms with van der Waals surface area (Å²) in [6, 6.07) is 0. The molecule has 0 unspecified atom stereocenters. The van der Waals surface area contributed by atoms with Crippen molar-refractivity contribution in [1.29, 1.82) is 0 Å². The van der Waals surface area contributed by atoms with Gasteiger partial charge in [0.05, 0.1) is 6.20 Å². The minimum absolute atomic E-state index is 0. The summed E-state index contributed by atoms with van der Waals surface area (Å²) in [5.74, 6) is -0.153. The number of nitrogens with one attached hydrogen (secondary N) is 1. The van der Waals surface area contributed by atoms with Gasteiger partial charge in [0.1, 0.15) is 0 Å². The number of H-pyrrole nitrogens is 1. The van der Waals surface area contributed by atoms with Crippen LogP contribution in [0, 0.1) is 10.1 Å². The third-order valence-electron chi connectivity index (χ3n) is 0.561. The van der Waals surface area contributed by atoms with Gasteiger partial charge in [0.2, 0.25) is 0 Å². The number of aromatic amines is 1. The van der Waals surface area contributed by atoms with Crippen LogP contribution in [0.2, 0.25) is 0 Å². The van der Waals surface area contributed by atoms with Crippen LogP contribution < -0.4 is 4.84 Å². The summed E-state index contributed by atoms with van der Waals surface area (Å²) in [7, 11) is 0. The molecular formula is C2H2N4NiO3. The molecule has 0 saturated heterocycles. The van der Waals surface area contributed by atoms with E-state index in [1.807, 2.05) is 0 Å². The van der Waals surface area contributed by atoms with Crippen LogP contribution >= 0.6 is 0 Å². The van der Waals surface area contributed by atoms with Gasteiger partial charge in [-0.3, -0.25) is 4.84 Å². The molecule has 1 aromatic heterocycles. The summed E-state index contributed by atoms with van der Waals surface area (Å²) in [4.78, 5) is 13.4. The van der Waals surface area contributed by atoms with Gasteiger partial charge in [-0.2, -0.15) is 10.3 Å². The molecule has 0 fully saturated rings. The Morgan fingerprint density at radius 1 is 1.80 bits per heavy atom. The van der Waals surface area contributed by atoms with Crippen LogP contribution in [0.25, 0.3) is 0 Å². The molecule has 10 heavy (non-hydrogen) atoms. The molecule has 58 valence electrons. The second-order valence-corrected chi connectivity index (χ2v) is 1.12. The van der Waals surface area contributed by atoms with Gasteiger partial charge in [-0.05, 0) is 0 Å². The number of aromatic nitrogens is 3. The molecule has 0 amide bonds. The molecule has 0 aliphatic carbocycles. The Labute approximate surface area is 64.8 Å². The van der Waals surface area contributed by atoms with Gasteiger partial charge in [-0.25, -0.2) is 0 Å². The van der Waals surface area contributed by atoms with Gasteiger partial charge in [0, 0.05) is 16.5 Å². The predicted octanol–water partition coefficient (Wildman–Crippen LogP) is -0.627. The summed E-state index contributed by atoms with van der Waals surface area (Å²) < 4.78 is 0. The van der Waals surface area contributed by atoms with Crippen molar-refractivity contribution in [2.45, 2.75) is 0 Å². The van der Waals surface area contributed by atoms with Crippen molar-refractivity contribution in [3.8, 4) is 5.88 Å². The maximum absolute atomic E-state index is 9.57. The van der Waals surface area contributed by atoms with Gasteiger partial charge in [-0.15, -0.1) is 15.2 Å². The van der Waals surface area contributed by atoms with Crippen LogP contribution in [0.15, 0.2) is 6.20 Å². The van der Waals surface area contributed by atoms with Gasteiger partial charge < -0.3 is 0 Å². The topological polar surface area (TPSA) is 93.9 Å². The largest absolute Gasteiger partial charge is 0.301 e. The number of rotatable bonds is 2. The standard InChI is InChI=1S/C2H2N4O3.Ni/c7-6(8)9-2-1-3-5-4-2;/h1H,(H,3,4,5);. The van der Waals surface area contributed by atoms with E-state index < -0.39 is 5.09 Å². The Kier molecular flexibility index (Phi) is 3.34. The Balaban J connectivity index is 0.000000810. The van der Waals surface area contributed by atoms with E-state index in [1.165, 1.54) is 0 Å². The van der Waals surface area contributed by atoms with Crippen molar-refractivity contribution in [1.82, 2.24) is 15.4 Å². The molecule has 1 N–H and O–H groups in total. The van der Waals surface area contributed by atoms with Crippen molar-refractivity contribution < 1.29 is 26.4 Å². The zero-order valence-corrected chi connectivity index (χ0v) is 5.45. The van der Waals surface area contributed by atoms with Gasteiger partial charge >= 0.3 is 5.09 Å². The molecule has 1 aromatic rings. The SMILES string of the molecule is O=[N+]([O-])Oc1cn[nH]n1.[Ni]. The van der Waals surface area contributed by atoms with Crippen LogP contribution in [0.1, 0.15) is 0 Å². The van der Waals surface area contributed by atoms with E-state index in [9.17, 15) is 10.1 Å². The van der Waals surface area contributed by atoms with Crippen molar-refractivity contribution in [2.24, 2.45) is 0 Å². The molecule has 0 bridgehead atoms. The van der Waals surface area contributed by atoms with Crippen LogP contribution in [-0.4, -0.2) is 20.5 Å². The maximum Gasteiger partial charge on any atom is 0.301 e. The second kappa shape index (κ2) is 3.78. The number of nitrogens with zero attached hydrogens (tertiary/aromatic N) is 3. The maximum atomic E-state index is 9.57. The monoisotopic (exact) mass is 188 g/mol. The summed E-state index contributed by atoms with van der Waals surface area (Å²) >= 11 is 0. The summed E-state index contributed by atoms with van der Waals surface area (Å²) in [5, 5.41) is 17.3. The van der Waals surface area contributed by atoms with Crippen LogP contribution in [0.4, 0.5) is 0 Å². The Morgan fingerprint density at radius 3 is 2.90 bits per heavy atom. The number of hydrogen-bond donors (Lipinski definition) is 1. The van der Waals surface area contributed by atoms with Crippen molar-refractivity contribution in [3.05, 3.63) is 16.3 Å². The van der Waals surface area contributed by atoms with E-state index in [0.29, 0.717) is 0 Å². The molecule has 0 radical (unpaired) electrons. The Hall–Kier alpha value is -1.17. The average Bonchev–Trinajstić information content (AvgIpc) is 2.15. The first-order valence-corrected chi connectivity index (χ1v) is 1.97. The van der Waals surface area contributed by atoms with Crippen molar-refractivity contribution >= 4 is 0 Å². The van der Waals surface area contributed by atoms with E-state index in [0.717, 1.165) is 6.20 Å². The summed E-state index contributed by atoms with van der Waals surface area (Å²) in [6.45, 7) is 0. The molecule has 0 saturated carbocycles. The average molecular weight is 189 g/mol. The fourth-order valence-corrected chi connectivity index (χ4v) is 0.311. The predicted molar refractivity (Wildman–Crippen MR) is 24.0 cm³/mol. The zero-order chi connectivity index (χ0) is 6.69. The molecule has 0 aliphatic heterocycles. The summed E-state index contributed by atoms with van der Waals surface area (Å²) in [5.41, 5.74) is 0. The molecule has 8 heteroatoms. The van der Waals surface area contributed by atoms with E-state index in [4.69, 9.17) is 0 Å². The first kappa shape index (κ1) is 8.83. The molecule has 7 nitrogen and oxygen atoms in total. The van der Waals surface area contributed by atoms with Crippen molar-refractivity contribution in [3.63, 3.8) is 0 Å². The van der Waals surface area contributed by atoms with Gasteiger partial charge in [0.25, 0.3) is 5.88 Å². The van der Waals surface area contributed by atoms with E-state index in [2.05, 4.69) is 20.2 Å². The Morgan fingerprint density at radius 2 is 2.50 bits per heavy atom. The van der Waals surface area contributed by atoms with Crippen LogP contribution in [-0.2, 0) is 16.5 Å². The molecule has 0 aromatic carbocycles. The van der Waals surface area contributed by atoms with Gasteiger partial charge in [-0.1, -0.05) is 0 Å². The van der Waals surface area contributed by atoms with Crippen LogP contribution in [0.5, 0.6) is 5.88 Å². The fraction of sp³-hybridized carbons (Fsp3) is 0. The zero-order valence-electron chi connectivity index (χ0n) is 4.46. The molecule has 0 spiro atoms. The molecule has 0 atom stereocenters. The normalized spacial score (nSPS) is 8.00. The van der Waals surface area contributed by atoms with Crippen molar-refractivity contribution in [2.75, 3.05) is 0 Å². The van der Waals surface area contributed by atoms with E-state index in [1.54, 1.807) is 0 Å². The van der Waals surface area contributed by atoms with Gasteiger partial charge in [0.15, 0.2) is 0 Å². The third-order valence-corrected chi connectivity index (χ3v) is 0.561. The minimum atomic E-state index is -0.960. The number of hydrogen-bond acceptors (Lipinski definition) is 5. The molecular weight excluding hydrogens is 187 g/mol. The smallest absolute Gasteiger partial charge is 0.252 e. The fourth-order valence-electron chi connectivity index (χ4n) is 0.311. The first-order valence-electron chi connectivity index (χ1n) is 1.97. The second-order valence-electron chi connectivity index (χ2n) is 1.12. The molecule has 1 rings (SSSR count). The summed E-state index contributed by atoms with van der Waals surface area (Å²) in [6.07, 6.45) is 1.10. The molecule has 0 aliphatic rings. The Bertz CT molecular complexity index is 198.